The Balaban J connectivity index is 0.000000120. The fourth-order valence-corrected chi connectivity index (χ4v) is 29.6. The second-order valence-corrected chi connectivity index (χ2v) is 29.8. The molecule has 58 heavy (non-hydrogen) atoms. The quantitative estimate of drug-likeness (QED) is 0.127. The molecule has 10 saturated carbocycles. The monoisotopic (exact) mass is 912 g/mol. The Labute approximate surface area is 372 Å². The zero-order valence-corrected chi connectivity index (χ0v) is 40.1. The fourth-order valence-electron chi connectivity index (χ4n) is 17.6. The SMILES string of the molecule is C1CCC([PH+](C23CC4CCC(C2)C(C4)C3)C23CC4CCC(C2)C(C4)C3)C1.C1CCC([PH+](C2CCCCC2)C2CCCC2)CC1.Nc1ccccc1-c1[c-]cccc1.[Pd]. The van der Waals surface area contributed by atoms with Gasteiger partial charge < -0.3 is 5.73 Å². The number of nitrogen functional groups attached to an aromatic ring is 1. The maximum atomic E-state index is 5.83. The molecule has 4 heteroatoms. The van der Waals surface area contributed by atoms with Crippen molar-refractivity contribution in [3.63, 3.8) is 0 Å². The number of rotatable bonds is 7. The van der Waals surface area contributed by atoms with Gasteiger partial charge in [0.05, 0.1) is 32.9 Å². The van der Waals surface area contributed by atoms with Crippen LogP contribution in [0.15, 0.2) is 48.5 Å². The molecule has 322 valence electrons. The molecular formula is C54H82NP2Pd+. The van der Waals surface area contributed by atoms with Gasteiger partial charge in [-0.15, -0.1) is 35.9 Å². The number of hydrogen-bond donors (Lipinski definition) is 1. The summed E-state index contributed by atoms with van der Waals surface area (Å²) in [6, 6.07) is 18.8. The first-order valence-corrected chi connectivity index (χ1v) is 28.9. The van der Waals surface area contributed by atoms with E-state index < -0.39 is 0 Å². The van der Waals surface area contributed by atoms with Crippen molar-refractivity contribution < 1.29 is 20.4 Å². The fraction of sp³-hybridized carbons (Fsp3) is 0.778. The Kier molecular flexibility index (Phi) is 14.3. The Morgan fingerprint density at radius 2 is 0.914 bits per heavy atom. The maximum absolute atomic E-state index is 5.83. The summed E-state index contributed by atoms with van der Waals surface area (Å²) in [5.74, 6) is 7.09. The van der Waals surface area contributed by atoms with E-state index in [-0.39, 0.29) is 36.3 Å². The van der Waals surface area contributed by atoms with Gasteiger partial charge in [0.2, 0.25) is 0 Å². The minimum Gasteiger partial charge on any atom is -0.406 e. The molecule has 0 saturated heterocycles. The summed E-state index contributed by atoms with van der Waals surface area (Å²) >= 11 is 0. The Morgan fingerprint density at radius 1 is 0.466 bits per heavy atom. The smallest absolute Gasteiger partial charge is 0.0793 e. The first-order chi connectivity index (χ1) is 28.1. The molecule has 0 aliphatic heterocycles. The summed E-state index contributed by atoms with van der Waals surface area (Å²) in [6.07, 6.45) is 49.0. The van der Waals surface area contributed by atoms with E-state index in [1.165, 1.54) is 58.1 Å². The van der Waals surface area contributed by atoms with E-state index in [1.807, 2.05) is 48.5 Å². The van der Waals surface area contributed by atoms with Crippen LogP contribution in [0.2, 0.25) is 0 Å². The van der Waals surface area contributed by atoms with Crippen LogP contribution in [0.1, 0.15) is 193 Å². The first kappa shape index (κ1) is 43.0. The molecule has 0 radical (unpaired) electrons. The third-order valence-electron chi connectivity index (χ3n) is 19.3. The molecule has 0 amide bonds. The van der Waals surface area contributed by atoms with E-state index in [0.29, 0.717) is 0 Å². The van der Waals surface area contributed by atoms with Crippen molar-refractivity contribution in [3.05, 3.63) is 54.6 Å². The van der Waals surface area contributed by atoms with Gasteiger partial charge in [-0.25, -0.2) is 0 Å². The normalized spacial score (nSPS) is 37.5. The predicted molar refractivity (Wildman–Crippen MR) is 252 cm³/mol. The number of hydrogen-bond acceptors (Lipinski definition) is 1. The summed E-state index contributed by atoms with van der Waals surface area (Å²) in [6.45, 7) is 0. The van der Waals surface area contributed by atoms with Crippen molar-refractivity contribution in [3.8, 4) is 11.1 Å². The molecule has 8 unspecified atom stereocenters. The molecule has 10 aliphatic carbocycles. The maximum Gasteiger partial charge on any atom is 0.0793 e. The molecule has 8 atom stereocenters. The average molecular weight is 914 g/mol. The number of fused-ring (bicyclic) bond motifs is 4. The van der Waals surface area contributed by atoms with Gasteiger partial charge in [-0.05, 0) is 214 Å². The predicted octanol–water partition coefficient (Wildman–Crippen LogP) is 15.6. The summed E-state index contributed by atoms with van der Waals surface area (Å²) in [7, 11) is -0.234. The molecule has 10 aliphatic rings. The Hall–Kier alpha value is -0.238. The van der Waals surface area contributed by atoms with Gasteiger partial charge in [0, 0.05) is 36.3 Å². The van der Waals surface area contributed by atoms with Crippen LogP contribution in [0.5, 0.6) is 0 Å². The molecule has 10 fully saturated rings. The molecule has 2 N–H and O–H groups in total. The van der Waals surface area contributed by atoms with E-state index in [4.69, 9.17) is 5.73 Å². The van der Waals surface area contributed by atoms with E-state index in [0.717, 1.165) is 27.1 Å². The number of benzene rings is 2. The molecule has 6 bridgehead atoms. The summed E-state index contributed by atoms with van der Waals surface area (Å²) < 4.78 is 0. The van der Waals surface area contributed by atoms with Crippen LogP contribution >= 0.6 is 15.8 Å². The van der Waals surface area contributed by atoms with Gasteiger partial charge in [0.25, 0.3) is 0 Å². The molecule has 2 aromatic rings. The second-order valence-electron chi connectivity index (χ2n) is 22.6. The van der Waals surface area contributed by atoms with Gasteiger partial charge in [-0.3, -0.25) is 0 Å². The molecule has 0 aromatic heterocycles. The number of nitrogens with two attached hydrogens (primary N) is 1. The third-order valence-corrected chi connectivity index (χ3v) is 28.8. The summed E-state index contributed by atoms with van der Waals surface area (Å²) in [5, 5.41) is 1.86. The number of para-hydroxylation sites is 1. The van der Waals surface area contributed by atoms with Crippen molar-refractivity contribution >= 4 is 21.5 Å². The average Bonchev–Trinajstić information content (AvgIpc) is 4.03. The van der Waals surface area contributed by atoms with Crippen molar-refractivity contribution in [1.82, 2.24) is 0 Å². The van der Waals surface area contributed by atoms with Crippen molar-refractivity contribution in [1.29, 1.82) is 0 Å². The van der Waals surface area contributed by atoms with Gasteiger partial charge >= 0.3 is 0 Å². The van der Waals surface area contributed by atoms with Gasteiger partial charge in [0.1, 0.15) is 0 Å². The van der Waals surface area contributed by atoms with Crippen LogP contribution in [0.3, 0.4) is 0 Å². The Bertz CT molecular complexity index is 1520. The summed E-state index contributed by atoms with van der Waals surface area (Å²) in [4.78, 5) is 0. The van der Waals surface area contributed by atoms with E-state index in [9.17, 15) is 0 Å². The third kappa shape index (κ3) is 8.94. The second kappa shape index (κ2) is 19.2. The topological polar surface area (TPSA) is 26.0 Å². The number of anilines is 1. The van der Waals surface area contributed by atoms with Gasteiger partial charge in [-0.1, -0.05) is 49.4 Å². The van der Waals surface area contributed by atoms with Crippen molar-refractivity contribution in [2.24, 2.45) is 35.5 Å². The van der Waals surface area contributed by atoms with Crippen LogP contribution < -0.4 is 5.73 Å². The zero-order valence-electron chi connectivity index (χ0n) is 36.5. The van der Waals surface area contributed by atoms with E-state index in [1.54, 1.807) is 193 Å². The van der Waals surface area contributed by atoms with E-state index in [2.05, 4.69) is 6.07 Å². The van der Waals surface area contributed by atoms with Crippen LogP contribution in [-0.2, 0) is 20.4 Å². The minimum absolute atomic E-state index is 0. The van der Waals surface area contributed by atoms with Crippen LogP contribution in [0.25, 0.3) is 11.1 Å². The molecule has 12 rings (SSSR count). The van der Waals surface area contributed by atoms with Crippen LogP contribution in [0, 0.1) is 41.6 Å². The first-order valence-electron chi connectivity index (χ1n) is 25.6. The minimum atomic E-state index is -0.211. The van der Waals surface area contributed by atoms with Crippen LogP contribution in [0.4, 0.5) is 5.69 Å². The largest absolute Gasteiger partial charge is 0.406 e. The molecule has 1 nitrogen and oxygen atoms in total. The summed E-state index contributed by atoms with van der Waals surface area (Å²) in [5.41, 5.74) is 13.7. The molecule has 2 aromatic carbocycles. The Morgan fingerprint density at radius 3 is 1.40 bits per heavy atom. The van der Waals surface area contributed by atoms with Crippen LogP contribution in [-0.4, -0.2) is 32.9 Å². The van der Waals surface area contributed by atoms with Gasteiger partial charge in [-0.2, -0.15) is 0 Å². The van der Waals surface area contributed by atoms with Crippen molar-refractivity contribution in [2.75, 3.05) is 5.73 Å². The van der Waals surface area contributed by atoms with E-state index >= 15 is 0 Å². The molecular weight excluding hydrogens is 831 g/mol. The van der Waals surface area contributed by atoms with Gasteiger partial charge in [0.15, 0.2) is 0 Å². The standard InChI is InChI=1S/C25H39P.C17H31P.C12H10N.Pd/c1-2-4-23(3-1)26(24-11-17-5-7-19(13-24)21(9-17)15-24)25-12-18-6-8-20(14-25)22(10-18)16-25;1-3-9-15(10-4-1)18(17-13-7-8-14-17)16-11-5-2-6-12-16;13-12-9-5-4-8-11(12)10-6-2-1-3-7-10;/h17-23H,1-16H2;15-17H,1-14H2;1-6,8-9H,13H2;/q;;-1;/p+2. The zero-order chi connectivity index (χ0) is 38.2. The molecule has 0 heterocycles. The van der Waals surface area contributed by atoms with Crippen molar-refractivity contribution in [2.45, 2.75) is 226 Å². The molecule has 0 spiro atoms.